The highest BCUT2D eigenvalue weighted by Gasteiger charge is 2.33. The molecule has 19 heavy (non-hydrogen) atoms. The fourth-order valence-electron chi connectivity index (χ4n) is 2.54. The minimum absolute atomic E-state index is 0.0432. The summed E-state index contributed by atoms with van der Waals surface area (Å²) >= 11 is 12.9. The Morgan fingerprint density at radius 2 is 1.79 bits per heavy atom. The van der Waals surface area contributed by atoms with E-state index in [2.05, 4.69) is 37.2 Å². The number of carbonyl (C=O) groups is 1. The van der Waals surface area contributed by atoms with E-state index in [-0.39, 0.29) is 11.3 Å². The van der Waals surface area contributed by atoms with Crippen LogP contribution < -0.4 is 5.32 Å². The molecule has 0 bridgehead atoms. The fraction of sp³-hybridized carbons (Fsp3) is 0.500. The van der Waals surface area contributed by atoms with Crippen LogP contribution in [0.15, 0.2) is 27.1 Å². The first-order valence-electron chi connectivity index (χ1n) is 6.35. The summed E-state index contributed by atoms with van der Waals surface area (Å²) in [6.45, 7) is 0.666. The standard InChI is InChI=1S/C14H16Br2ClNO/c15-11-5-10(6-12(16)7-11)13(19)18-9-14(8-17)3-1-2-4-14/h5-7H,1-4,8-9H2,(H,18,19). The fourth-order valence-corrected chi connectivity index (χ4v) is 4.19. The Labute approximate surface area is 135 Å². The zero-order valence-electron chi connectivity index (χ0n) is 10.5. The van der Waals surface area contributed by atoms with Crippen LogP contribution in [0.1, 0.15) is 36.0 Å². The molecule has 1 amide bonds. The van der Waals surface area contributed by atoms with Crippen molar-refractivity contribution in [1.29, 1.82) is 0 Å². The first-order chi connectivity index (χ1) is 9.04. The van der Waals surface area contributed by atoms with Crippen molar-refractivity contribution in [1.82, 2.24) is 5.32 Å². The number of alkyl halides is 1. The molecule has 0 aliphatic heterocycles. The van der Waals surface area contributed by atoms with Gasteiger partial charge in [0.05, 0.1) is 0 Å². The molecule has 2 rings (SSSR count). The van der Waals surface area contributed by atoms with Crippen molar-refractivity contribution >= 4 is 49.4 Å². The second kappa shape index (κ2) is 6.59. The molecule has 104 valence electrons. The minimum Gasteiger partial charge on any atom is -0.351 e. The molecule has 1 fully saturated rings. The lowest BCUT2D eigenvalue weighted by molar-refractivity contribution is 0.0935. The smallest absolute Gasteiger partial charge is 0.251 e. The first kappa shape index (κ1) is 15.3. The Morgan fingerprint density at radius 3 is 2.32 bits per heavy atom. The van der Waals surface area contributed by atoms with Crippen molar-refractivity contribution in [2.45, 2.75) is 25.7 Å². The van der Waals surface area contributed by atoms with Crippen LogP contribution in [0.5, 0.6) is 0 Å². The van der Waals surface area contributed by atoms with Gasteiger partial charge in [0.1, 0.15) is 0 Å². The van der Waals surface area contributed by atoms with Crippen LogP contribution in [-0.4, -0.2) is 18.3 Å². The third kappa shape index (κ3) is 3.96. The Bertz CT molecular complexity index is 452. The van der Waals surface area contributed by atoms with Crippen LogP contribution in [0.3, 0.4) is 0 Å². The van der Waals surface area contributed by atoms with Crippen LogP contribution in [-0.2, 0) is 0 Å². The molecule has 0 unspecified atom stereocenters. The SMILES string of the molecule is O=C(NCC1(CCl)CCCC1)c1cc(Br)cc(Br)c1. The summed E-state index contributed by atoms with van der Waals surface area (Å²) in [5.74, 6) is 0.577. The largest absolute Gasteiger partial charge is 0.351 e. The van der Waals surface area contributed by atoms with Gasteiger partial charge in [0.25, 0.3) is 5.91 Å². The van der Waals surface area contributed by atoms with Gasteiger partial charge < -0.3 is 5.32 Å². The Hall–Kier alpha value is -0.0600. The highest BCUT2D eigenvalue weighted by molar-refractivity contribution is 9.11. The number of hydrogen-bond acceptors (Lipinski definition) is 1. The molecule has 0 heterocycles. The Morgan fingerprint density at radius 1 is 1.21 bits per heavy atom. The van der Waals surface area contributed by atoms with Crippen molar-refractivity contribution in [2.75, 3.05) is 12.4 Å². The monoisotopic (exact) mass is 407 g/mol. The van der Waals surface area contributed by atoms with Gasteiger partial charge in [-0.15, -0.1) is 11.6 Å². The average molecular weight is 410 g/mol. The van der Waals surface area contributed by atoms with E-state index in [1.165, 1.54) is 12.8 Å². The second-order valence-corrected chi connectivity index (χ2v) is 7.28. The maximum atomic E-state index is 12.2. The lowest BCUT2D eigenvalue weighted by atomic mass is 9.88. The van der Waals surface area contributed by atoms with E-state index >= 15 is 0 Å². The van der Waals surface area contributed by atoms with E-state index in [0.29, 0.717) is 18.0 Å². The topological polar surface area (TPSA) is 29.1 Å². The third-order valence-electron chi connectivity index (χ3n) is 3.70. The summed E-state index contributed by atoms with van der Waals surface area (Å²) in [5.41, 5.74) is 0.754. The van der Waals surface area contributed by atoms with Crippen LogP contribution in [0.2, 0.25) is 0 Å². The average Bonchev–Trinajstić information content (AvgIpc) is 2.84. The highest BCUT2D eigenvalue weighted by Crippen LogP contribution is 2.38. The number of hydrogen-bond donors (Lipinski definition) is 1. The van der Waals surface area contributed by atoms with Crippen molar-refractivity contribution in [2.24, 2.45) is 5.41 Å². The molecule has 5 heteroatoms. The molecular formula is C14H16Br2ClNO. The Balaban J connectivity index is 2.01. The van der Waals surface area contributed by atoms with E-state index in [0.717, 1.165) is 21.8 Å². The minimum atomic E-state index is -0.0432. The first-order valence-corrected chi connectivity index (χ1v) is 8.47. The predicted molar refractivity (Wildman–Crippen MR) is 85.8 cm³/mol. The second-order valence-electron chi connectivity index (χ2n) is 5.18. The van der Waals surface area contributed by atoms with Gasteiger partial charge in [-0.3, -0.25) is 4.79 Å². The molecular weight excluding hydrogens is 393 g/mol. The molecule has 0 radical (unpaired) electrons. The van der Waals surface area contributed by atoms with Gasteiger partial charge >= 0.3 is 0 Å². The van der Waals surface area contributed by atoms with Gasteiger partial charge in [0.15, 0.2) is 0 Å². The third-order valence-corrected chi connectivity index (χ3v) is 5.18. The summed E-state index contributed by atoms with van der Waals surface area (Å²) in [6.07, 6.45) is 4.65. The van der Waals surface area contributed by atoms with Crippen molar-refractivity contribution < 1.29 is 4.79 Å². The number of benzene rings is 1. The van der Waals surface area contributed by atoms with Gasteiger partial charge in [-0.1, -0.05) is 44.7 Å². The highest BCUT2D eigenvalue weighted by atomic mass is 79.9. The molecule has 2 nitrogen and oxygen atoms in total. The van der Waals surface area contributed by atoms with E-state index in [4.69, 9.17) is 11.6 Å². The predicted octanol–water partition coefficient (Wildman–Crippen LogP) is 4.74. The lowest BCUT2D eigenvalue weighted by Gasteiger charge is -2.26. The molecule has 1 aromatic rings. The summed E-state index contributed by atoms with van der Waals surface area (Å²) < 4.78 is 1.78. The zero-order valence-corrected chi connectivity index (χ0v) is 14.4. The van der Waals surface area contributed by atoms with Crippen molar-refractivity contribution in [3.63, 3.8) is 0 Å². The van der Waals surface area contributed by atoms with E-state index in [1.807, 2.05) is 18.2 Å². The molecule has 1 saturated carbocycles. The molecule has 0 spiro atoms. The van der Waals surface area contributed by atoms with Crippen LogP contribution >= 0.6 is 43.5 Å². The molecule has 1 aromatic carbocycles. The number of rotatable bonds is 4. The summed E-state index contributed by atoms with van der Waals surface area (Å²) in [5, 5.41) is 3.02. The van der Waals surface area contributed by atoms with Gasteiger partial charge in [-0.2, -0.15) is 0 Å². The molecule has 1 aliphatic carbocycles. The maximum Gasteiger partial charge on any atom is 0.251 e. The summed E-state index contributed by atoms with van der Waals surface area (Å²) in [6, 6.07) is 5.55. The van der Waals surface area contributed by atoms with Gasteiger partial charge in [0, 0.05) is 32.3 Å². The van der Waals surface area contributed by atoms with Gasteiger partial charge in [0.2, 0.25) is 0 Å². The number of amides is 1. The van der Waals surface area contributed by atoms with E-state index in [9.17, 15) is 4.79 Å². The van der Waals surface area contributed by atoms with E-state index < -0.39 is 0 Å². The number of nitrogens with one attached hydrogen (secondary N) is 1. The molecule has 0 aromatic heterocycles. The molecule has 0 saturated heterocycles. The van der Waals surface area contributed by atoms with Crippen molar-refractivity contribution in [3.8, 4) is 0 Å². The van der Waals surface area contributed by atoms with Crippen LogP contribution in [0.25, 0.3) is 0 Å². The zero-order chi connectivity index (χ0) is 13.9. The number of carbonyl (C=O) groups excluding carboxylic acids is 1. The lowest BCUT2D eigenvalue weighted by Crippen LogP contribution is -2.37. The molecule has 1 N–H and O–H groups in total. The van der Waals surface area contributed by atoms with Crippen molar-refractivity contribution in [3.05, 3.63) is 32.7 Å². The summed E-state index contributed by atoms with van der Waals surface area (Å²) in [4.78, 5) is 12.2. The summed E-state index contributed by atoms with van der Waals surface area (Å²) in [7, 11) is 0. The quantitative estimate of drug-likeness (QED) is 0.715. The molecule has 1 aliphatic rings. The van der Waals surface area contributed by atoms with Crippen LogP contribution in [0.4, 0.5) is 0 Å². The maximum absolute atomic E-state index is 12.2. The number of halogens is 3. The van der Waals surface area contributed by atoms with Gasteiger partial charge in [-0.05, 0) is 31.0 Å². The normalized spacial score (nSPS) is 17.4. The van der Waals surface area contributed by atoms with Gasteiger partial charge in [-0.25, -0.2) is 0 Å². The Kier molecular flexibility index (Phi) is 5.32. The van der Waals surface area contributed by atoms with Crippen LogP contribution in [0, 0.1) is 5.41 Å². The molecule has 0 atom stereocenters. The van der Waals surface area contributed by atoms with E-state index in [1.54, 1.807) is 0 Å².